The van der Waals surface area contributed by atoms with Gasteiger partial charge in [-0.3, -0.25) is 9.69 Å². The predicted octanol–water partition coefficient (Wildman–Crippen LogP) is 1.61. The van der Waals surface area contributed by atoms with Crippen molar-refractivity contribution < 1.29 is 4.79 Å². The number of hydrogen-bond acceptors (Lipinski definition) is 5. The van der Waals surface area contributed by atoms with Crippen molar-refractivity contribution in [3.05, 3.63) is 53.9 Å². The van der Waals surface area contributed by atoms with E-state index < -0.39 is 0 Å². The Balaban J connectivity index is 1.47. The van der Waals surface area contributed by atoms with Crippen molar-refractivity contribution in [2.45, 2.75) is 26.4 Å². The molecule has 1 aliphatic heterocycles. The summed E-state index contributed by atoms with van der Waals surface area (Å²) in [6.07, 6.45) is 3.52. The maximum Gasteiger partial charge on any atom is 0.237 e. The van der Waals surface area contributed by atoms with Gasteiger partial charge >= 0.3 is 0 Å². The van der Waals surface area contributed by atoms with Crippen LogP contribution in [0.1, 0.15) is 18.1 Å². The Morgan fingerprint density at radius 1 is 1.12 bits per heavy atom. The Morgan fingerprint density at radius 3 is 2.40 bits per heavy atom. The van der Waals surface area contributed by atoms with Gasteiger partial charge in [0.15, 0.2) is 0 Å². The molecule has 6 nitrogen and oxygen atoms in total. The molecule has 1 amide bonds. The first kappa shape index (κ1) is 17.4. The van der Waals surface area contributed by atoms with Gasteiger partial charge in [0.25, 0.3) is 0 Å². The molecule has 25 heavy (non-hydrogen) atoms. The molecule has 1 atom stereocenters. The Morgan fingerprint density at radius 2 is 1.76 bits per heavy atom. The van der Waals surface area contributed by atoms with Gasteiger partial charge in [-0.1, -0.05) is 29.8 Å². The highest BCUT2D eigenvalue weighted by atomic mass is 16.2. The number of rotatable bonds is 5. The van der Waals surface area contributed by atoms with Crippen LogP contribution >= 0.6 is 0 Å². The number of hydrogen-bond donors (Lipinski definition) is 1. The van der Waals surface area contributed by atoms with Crippen molar-refractivity contribution >= 4 is 11.9 Å². The summed E-state index contributed by atoms with van der Waals surface area (Å²) in [5.41, 5.74) is 2.35. The topological polar surface area (TPSA) is 61.4 Å². The zero-order chi connectivity index (χ0) is 17.6. The average molecular weight is 339 g/mol. The number of carbonyl (C=O) groups is 1. The number of nitrogens with one attached hydrogen (secondary N) is 1. The minimum Gasteiger partial charge on any atom is -0.351 e. The van der Waals surface area contributed by atoms with Gasteiger partial charge < -0.3 is 10.2 Å². The second-order valence-corrected chi connectivity index (χ2v) is 6.45. The van der Waals surface area contributed by atoms with Crippen molar-refractivity contribution in [1.29, 1.82) is 0 Å². The van der Waals surface area contributed by atoms with Crippen molar-refractivity contribution in [3.63, 3.8) is 0 Å². The van der Waals surface area contributed by atoms with Crippen LogP contribution in [0.25, 0.3) is 0 Å². The summed E-state index contributed by atoms with van der Waals surface area (Å²) in [7, 11) is 0. The standard InChI is InChI=1S/C19H25N5O/c1-15-4-6-17(7-5-15)14-22-18(25)16(2)23-10-12-24(13-11-23)19-20-8-3-9-21-19/h3-9,16H,10-14H2,1-2H3,(H,22,25)/t16-/m1/s1. The second-order valence-electron chi connectivity index (χ2n) is 6.45. The van der Waals surface area contributed by atoms with Crippen LogP contribution < -0.4 is 10.2 Å². The van der Waals surface area contributed by atoms with E-state index in [2.05, 4.69) is 56.3 Å². The summed E-state index contributed by atoms with van der Waals surface area (Å²) in [4.78, 5) is 25.4. The molecule has 0 saturated carbocycles. The summed E-state index contributed by atoms with van der Waals surface area (Å²) in [6.45, 7) is 7.93. The van der Waals surface area contributed by atoms with Gasteiger partial charge in [-0.2, -0.15) is 0 Å². The third kappa shape index (κ3) is 4.54. The molecule has 1 N–H and O–H groups in total. The number of aryl methyl sites for hydroxylation is 1. The second kappa shape index (κ2) is 8.07. The average Bonchev–Trinajstić information content (AvgIpc) is 2.67. The highest BCUT2D eigenvalue weighted by Crippen LogP contribution is 2.12. The number of aromatic nitrogens is 2. The van der Waals surface area contributed by atoms with Crippen LogP contribution in [0, 0.1) is 6.92 Å². The first-order valence-electron chi connectivity index (χ1n) is 8.73. The number of piperazine rings is 1. The number of benzene rings is 1. The van der Waals surface area contributed by atoms with Gasteiger partial charge in [0, 0.05) is 45.1 Å². The van der Waals surface area contributed by atoms with Crippen molar-refractivity contribution in [1.82, 2.24) is 20.2 Å². The van der Waals surface area contributed by atoms with E-state index in [1.807, 2.05) is 13.0 Å². The van der Waals surface area contributed by atoms with Crippen molar-refractivity contribution in [2.75, 3.05) is 31.1 Å². The lowest BCUT2D eigenvalue weighted by molar-refractivity contribution is -0.126. The van der Waals surface area contributed by atoms with Crippen LogP contribution in [0.4, 0.5) is 5.95 Å². The SMILES string of the molecule is Cc1ccc(CNC(=O)[C@@H](C)N2CCN(c3ncccn3)CC2)cc1. The van der Waals surface area contributed by atoms with E-state index in [0.29, 0.717) is 6.54 Å². The van der Waals surface area contributed by atoms with Crippen LogP contribution in [0.3, 0.4) is 0 Å². The van der Waals surface area contributed by atoms with Crippen LogP contribution in [0.5, 0.6) is 0 Å². The first-order chi connectivity index (χ1) is 12.1. The molecule has 132 valence electrons. The van der Waals surface area contributed by atoms with Gasteiger partial charge in [-0.25, -0.2) is 9.97 Å². The van der Waals surface area contributed by atoms with Crippen LogP contribution in [-0.4, -0.2) is 53.0 Å². The highest BCUT2D eigenvalue weighted by Gasteiger charge is 2.26. The molecule has 1 aromatic heterocycles. The van der Waals surface area contributed by atoms with Crippen LogP contribution in [0.2, 0.25) is 0 Å². The summed E-state index contributed by atoms with van der Waals surface area (Å²) >= 11 is 0. The quantitative estimate of drug-likeness (QED) is 0.897. The molecule has 0 spiro atoms. The van der Waals surface area contributed by atoms with E-state index in [1.165, 1.54) is 5.56 Å². The summed E-state index contributed by atoms with van der Waals surface area (Å²) in [5.74, 6) is 0.837. The first-order valence-corrected chi connectivity index (χ1v) is 8.73. The molecule has 3 rings (SSSR count). The molecule has 6 heteroatoms. The van der Waals surface area contributed by atoms with E-state index in [1.54, 1.807) is 12.4 Å². The Labute approximate surface area is 148 Å². The Hall–Kier alpha value is -2.47. The van der Waals surface area contributed by atoms with Gasteiger partial charge in [0.2, 0.25) is 11.9 Å². The molecule has 0 radical (unpaired) electrons. The lowest BCUT2D eigenvalue weighted by Crippen LogP contribution is -2.54. The zero-order valence-electron chi connectivity index (χ0n) is 14.9. The summed E-state index contributed by atoms with van der Waals surface area (Å²) < 4.78 is 0. The molecule has 1 fully saturated rings. The lowest BCUT2D eigenvalue weighted by Gasteiger charge is -2.37. The minimum atomic E-state index is -0.135. The molecular weight excluding hydrogens is 314 g/mol. The maximum atomic E-state index is 12.4. The molecular formula is C19H25N5O. The van der Waals surface area contributed by atoms with E-state index in [0.717, 1.165) is 37.7 Å². The van der Waals surface area contributed by atoms with E-state index in [9.17, 15) is 4.79 Å². The minimum absolute atomic E-state index is 0.0741. The fourth-order valence-electron chi connectivity index (χ4n) is 2.97. The van der Waals surface area contributed by atoms with Gasteiger partial charge in [-0.15, -0.1) is 0 Å². The summed E-state index contributed by atoms with van der Waals surface area (Å²) in [5, 5.41) is 3.04. The maximum absolute atomic E-state index is 12.4. The molecule has 1 saturated heterocycles. The number of anilines is 1. The lowest BCUT2D eigenvalue weighted by atomic mass is 10.1. The third-order valence-corrected chi connectivity index (χ3v) is 4.66. The molecule has 0 aliphatic carbocycles. The molecule has 2 aromatic rings. The monoisotopic (exact) mass is 339 g/mol. The molecule has 0 bridgehead atoms. The Kier molecular flexibility index (Phi) is 5.60. The van der Waals surface area contributed by atoms with Gasteiger partial charge in [-0.05, 0) is 25.5 Å². The van der Waals surface area contributed by atoms with Crippen LogP contribution in [0.15, 0.2) is 42.7 Å². The fourth-order valence-corrected chi connectivity index (χ4v) is 2.97. The molecule has 1 aliphatic rings. The van der Waals surface area contributed by atoms with E-state index in [-0.39, 0.29) is 11.9 Å². The number of amides is 1. The largest absolute Gasteiger partial charge is 0.351 e. The molecule has 2 heterocycles. The number of carbonyl (C=O) groups excluding carboxylic acids is 1. The van der Waals surface area contributed by atoms with Crippen molar-refractivity contribution in [2.24, 2.45) is 0 Å². The van der Waals surface area contributed by atoms with E-state index in [4.69, 9.17) is 0 Å². The smallest absolute Gasteiger partial charge is 0.237 e. The van der Waals surface area contributed by atoms with Gasteiger partial charge in [0.1, 0.15) is 0 Å². The van der Waals surface area contributed by atoms with Crippen LogP contribution in [-0.2, 0) is 11.3 Å². The molecule has 0 unspecified atom stereocenters. The fraction of sp³-hybridized carbons (Fsp3) is 0.421. The Bertz CT molecular complexity index is 681. The normalized spacial score (nSPS) is 16.5. The van der Waals surface area contributed by atoms with Gasteiger partial charge in [0.05, 0.1) is 6.04 Å². The molecule has 1 aromatic carbocycles. The van der Waals surface area contributed by atoms with E-state index >= 15 is 0 Å². The van der Waals surface area contributed by atoms with Crippen molar-refractivity contribution in [3.8, 4) is 0 Å². The zero-order valence-corrected chi connectivity index (χ0v) is 14.9. The number of nitrogens with zero attached hydrogens (tertiary/aromatic N) is 4. The highest BCUT2D eigenvalue weighted by molar-refractivity contribution is 5.81. The predicted molar refractivity (Wildman–Crippen MR) is 98.3 cm³/mol. The summed E-state index contributed by atoms with van der Waals surface area (Å²) in [6, 6.07) is 9.92. The third-order valence-electron chi connectivity index (χ3n) is 4.66.